The molecule has 0 radical (unpaired) electrons. The van der Waals surface area contributed by atoms with Crippen LogP contribution in [0.25, 0.3) is 0 Å². The first-order valence-electron chi connectivity index (χ1n) is 7.11. The molecule has 1 atom stereocenters. The zero-order chi connectivity index (χ0) is 13.7. The number of para-hydroxylation sites is 1. The molecule has 1 aromatic rings. The van der Waals surface area contributed by atoms with E-state index in [2.05, 4.69) is 30.0 Å². The third kappa shape index (κ3) is 3.08. The van der Waals surface area contributed by atoms with E-state index in [9.17, 15) is 10.4 Å². The molecule has 1 saturated heterocycles. The summed E-state index contributed by atoms with van der Waals surface area (Å²) in [6.07, 6.45) is 3.10. The lowest BCUT2D eigenvalue weighted by atomic mass is 9.78. The molecule has 3 heteroatoms. The third-order valence-corrected chi connectivity index (χ3v) is 4.13. The topological polar surface area (TPSA) is 47.3 Å². The molecule has 1 N–H and O–H groups in total. The van der Waals surface area contributed by atoms with Crippen molar-refractivity contribution in [2.75, 3.05) is 18.0 Å². The monoisotopic (exact) mass is 258 g/mol. The largest absolute Gasteiger partial charge is 0.388 e. The van der Waals surface area contributed by atoms with E-state index in [0.29, 0.717) is 12.8 Å². The lowest BCUT2D eigenvalue weighted by molar-refractivity contribution is -0.0224. The minimum atomic E-state index is -0.796. The summed E-state index contributed by atoms with van der Waals surface area (Å²) in [7, 11) is 0. The second-order valence-corrected chi connectivity index (χ2v) is 5.40. The summed E-state index contributed by atoms with van der Waals surface area (Å²) in [5, 5.41) is 19.9. The van der Waals surface area contributed by atoms with Gasteiger partial charge in [-0.1, -0.05) is 31.5 Å². The Morgan fingerprint density at radius 3 is 2.47 bits per heavy atom. The number of anilines is 1. The highest BCUT2D eigenvalue weighted by Crippen LogP contribution is 2.33. The lowest BCUT2D eigenvalue weighted by Crippen LogP contribution is -2.48. The molecule has 0 spiro atoms. The number of aliphatic hydroxyl groups is 1. The molecule has 1 unspecified atom stereocenters. The van der Waals surface area contributed by atoms with Gasteiger partial charge in [-0.2, -0.15) is 5.26 Å². The van der Waals surface area contributed by atoms with Crippen molar-refractivity contribution in [3.63, 3.8) is 0 Å². The summed E-state index contributed by atoms with van der Waals surface area (Å²) < 4.78 is 0. The smallest absolute Gasteiger partial charge is 0.0838 e. The molecule has 1 aliphatic heterocycles. The van der Waals surface area contributed by atoms with E-state index < -0.39 is 5.60 Å². The molecule has 2 rings (SSSR count). The van der Waals surface area contributed by atoms with Gasteiger partial charge in [-0.05, 0) is 31.4 Å². The van der Waals surface area contributed by atoms with Gasteiger partial charge in [0.25, 0.3) is 0 Å². The van der Waals surface area contributed by atoms with Crippen LogP contribution in [0.3, 0.4) is 0 Å². The molecule has 1 aliphatic rings. The van der Waals surface area contributed by atoms with E-state index >= 15 is 0 Å². The van der Waals surface area contributed by atoms with Gasteiger partial charge in [0.15, 0.2) is 0 Å². The quantitative estimate of drug-likeness (QED) is 0.903. The number of benzene rings is 1. The van der Waals surface area contributed by atoms with Crippen molar-refractivity contribution in [2.24, 2.45) is 5.92 Å². The fourth-order valence-corrected chi connectivity index (χ4v) is 2.88. The number of nitriles is 1. The molecular formula is C16H22N2O. The van der Waals surface area contributed by atoms with Crippen LogP contribution in [-0.4, -0.2) is 23.8 Å². The molecule has 1 heterocycles. The van der Waals surface area contributed by atoms with E-state index in [0.717, 1.165) is 25.9 Å². The summed E-state index contributed by atoms with van der Waals surface area (Å²) in [5.74, 6) is -0.226. The van der Waals surface area contributed by atoms with Crippen LogP contribution >= 0.6 is 0 Å². The van der Waals surface area contributed by atoms with Crippen LogP contribution in [0.5, 0.6) is 0 Å². The maximum Gasteiger partial charge on any atom is 0.0838 e. The number of rotatable bonds is 4. The van der Waals surface area contributed by atoms with Gasteiger partial charge in [0.1, 0.15) is 0 Å². The van der Waals surface area contributed by atoms with Crippen molar-refractivity contribution in [2.45, 2.75) is 38.2 Å². The highest BCUT2D eigenvalue weighted by atomic mass is 16.3. The molecule has 0 aromatic heterocycles. The van der Waals surface area contributed by atoms with Gasteiger partial charge in [-0.25, -0.2) is 0 Å². The third-order valence-electron chi connectivity index (χ3n) is 4.13. The van der Waals surface area contributed by atoms with Crippen LogP contribution in [0.15, 0.2) is 30.3 Å². The second-order valence-electron chi connectivity index (χ2n) is 5.40. The molecule has 1 fully saturated rings. The van der Waals surface area contributed by atoms with E-state index in [1.807, 2.05) is 18.2 Å². The number of piperidine rings is 1. The lowest BCUT2D eigenvalue weighted by Gasteiger charge is -2.41. The Hall–Kier alpha value is -1.53. The van der Waals surface area contributed by atoms with Gasteiger partial charge in [-0.15, -0.1) is 0 Å². The first-order valence-corrected chi connectivity index (χ1v) is 7.11. The first kappa shape index (κ1) is 13.9. The predicted octanol–water partition coefficient (Wildman–Crippen LogP) is 2.96. The van der Waals surface area contributed by atoms with E-state index in [1.54, 1.807) is 0 Å². The predicted molar refractivity (Wildman–Crippen MR) is 76.8 cm³/mol. The van der Waals surface area contributed by atoms with Crippen LogP contribution in [0.1, 0.15) is 32.6 Å². The van der Waals surface area contributed by atoms with Crippen molar-refractivity contribution < 1.29 is 5.11 Å². The second kappa shape index (κ2) is 6.08. The molecule has 1 aromatic carbocycles. The Morgan fingerprint density at radius 1 is 1.32 bits per heavy atom. The van der Waals surface area contributed by atoms with E-state index in [4.69, 9.17) is 0 Å². The molecule has 0 saturated carbocycles. The summed E-state index contributed by atoms with van der Waals surface area (Å²) in [4.78, 5) is 2.29. The molecule has 102 valence electrons. The van der Waals surface area contributed by atoms with Crippen LogP contribution in [0.2, 0.25) is 0 Å². The average molecular weight is 258 g/mol. The minimum Gasteiger partial charge on any atom is -0.388 e. The average Bonchev–Trinajstić information content (AvgIpc) is 2.46. The van der Waals surface area contributed by atoms with Crippen LogP contribution in [0.4, 0.5) is 5.69 Å². The number of hydrogen-bond donors (Lipinski definition) is 1. The normalized spacial score (nSPS) is 19.7. The fourth-order valence-electron chi connectivity index (χ4n) is 2.88. The zero-order valence-corrected chi connectivity index (χ0v) is 11.5. The SMILES string of the molecule is CCCC(C#N)C1(O)CCN(c2ccccc2)CC1. The van der Waals surface area contributed by atoms with Crippen LogP contribution in [0, 0.1) is 17.2 Å². The van der Waals surface area contributed by atoms with Gasteiger partial charge in [0.2, 0.25) is 0 Å². The zero-order valence-electron chi connectivity index (χ0n) is 11.5. The van der Waals surface area contributed by atoms with Crippen molar-refractivity contribution >= 4 is 5.69 Å². The van der Waals surface area contributed by atoms with E-state index in [1.165, 1.54) is 5.69 Å². The summed E-state index contributed by atoms with van der Waals surface area (Å²) in [5.41, 5.74) is 0.407. The van der Waals surface area contributed by atoms with Crippen molar-refractivity contribution in [3.8, 4) is 6.07 Å². The standard InChI is InChI=1S/C16H22N2O/c1-2-6-14(13-17)16(19)9-11-18(12-10-16)15-7-4-3-5-8-15/h3-5,7-8,14,19H,2,6,9-12H2,1H3. The molecule has 0 bridgehead atoms. The number of nitrogens with zero attached hydrogens (tertiary/aromatic N) is 2. The Morgan fingerprint density at radius 2 is 1.95 bits per heavy atom. The molecular weight excluding hydrogens is 236 g/mol. The van der Waals surface area contributed by atoms with Crippen LogP contribution in [-0.2, 0) is 0 Å². The maximum atomic E-state index is 10.7. The number of hydrogen-bond acceptors (Lipinski definition) is 3. The van der Waals surface area contributed by atoms with Gasteiger partial charge in [0, 0.05) is 18.8 Å². The minimum absolute atomic E-state index is 0.226. The Labute approximate surface area is 115 Å². The highest BCUT2D eigenvalue weighted by Gasteiger charge is 2.39. The summed E-state index contributed by atoms with van der Waals surface area (Å²) in [6, 6.07) is 12.6. The fraction of sp³-hybridized carbons (Fsp3) is 0.562. The summed E-state index contributed by atoms with van der Waals surface area (Å²) >= 11 is 0. The van der Waals surface area contributed by atoms with Gasteiger partial charge >= 0.3 is 0 Å². The van der Waals surface area contributed by atoms with Crippen LogP contribution < -0.4 is 4.90 Å². The Kier molecular flexibility index (Phi) is 4.44. The highest BCUT2D eigenvalue weighted by molar-refractivity contribution is 5.46. The first-order chi connectivity index (χ1) is 9.19. The Balaban J connectivity index is 2.00. The molecule has 0 aliphatic carbocycles. The van der Waals surface area contributed by atoms with E-state index in [-0.39, 0.29) is 5.92 Å². The van der Waals surface area contributed by atoms with Crippen molar-refractivity contribution in [1.29, 1.82) is 5.26 Å². The van der Waals surface area contributed by atoms with Gasteiger partial charge < -0.3 is 10.0 Å². The van der Waals surface area contributed by atoms with Crippen molar-refractivity contribution in [3.05, 3.63) is 30.3 Å². The van der Waals surface area contributed by atoms with Crippen molar-refractivity contribution in [1.82, 2.24) is 0 Å². The van der Waals surface area contributed by atoms with Gasteiger partial charge in [0.05, 0.1) is 17.6 Å². The summed E-state index contributed by atoms with van der Waals surface area (Å²) in [6.45, 7) is 3.71. The van der Waals surface area contributed by atoms with Gasteiger partial charge in [-0.3, -0.25) is 0 Å². The molecule has 19 heavy (non-hydrogen) atoms. The maximum absolute atomic E-state index is 10.7. The molecule has 0 amide bonds. The Bertz CT molecular complexity index is 430. The molecule has 3 nitrogen and oxygen atoms in total.